The van der Waals surface area contributed by atoms with Crippen LogP contribution in [0.1, 0.15) is 46.4 Å². The number of hydrogen-bond acceptors (Lipinski definition) is 3. The highest BCUT2D eigenvalue weighted by atomic mass is 16.1. The molecular weight excluding hydrogens is 252 g/mol. The Balaban J connectivity index is 1.99. The van der Waals surface area contributed by atoms with Crippen molar-refractivity contribution in [1.29, 1.82) is 0 Å². The van der Waals surface area contributed by atoms with Crippen LogP contribution < -0.4 is 5.56 Å². The van der Waals surface area contributed by atoms with Gasteiger partial charge in [-0.05, 0) is 49.4 Å². The number of fused-ring (bicyclic) bond motifs is 1. The zero-order chi connectivity index (χ0) is 14.1. The van der Waals surface area contributed by atoms with Crippen molar-refractivity contribution in [1.82, 2.24) is 9.97 Å². The molecule has 1 N–H and O–H groups in total. The number of rotatable bonds is 2. The van der Waals surface area contributed by atoms with Gasteiger partial charge in [-0.25, -0.2) is 0 Å². The summed E-state index contributed by atoms with van der Waals surface area (Å²) in [5.41, 5.74) is 3.13. The van der Waals surface area contributed by atoms with Gasteiger partial charge in [0.1, 0.15) is 0 Å². The lowest BCUT2D eigenvalue weighted by Crippen LogP contribution is -2.24. The van der Waals surface area contributed by atoms with Gasteiger partial charge < -0.3 is 4.98 Å². The van der Waals surface area contributed by atoms with Gasteiger partial charge >= 0.3 is 0 Å². The second-order valence-corrected chi connectivity index (χ2v) is 5.25. The predicted octanol–water partition coefficient (Wildman–Crippen LogP) is 2.25. The van der Waals surface area contributed by atoms with E-state index in [2.05, 4.69) is 9.97 Å². The molecule has 4 nitrogen and oxygen atoms in total. The van der Waals surface area contributed by atoms with Crippen molar-refractivity contribution in [2.45, 2.75) is 32.1 Å². The number of carbonyl (C=O) groups excluding carboxylic acids is 1. The minimum Gasteiger partial charge on any atom is -0.328 e. The van der Waals surface area contributed by atoms with Gasteiger partial charge in [-0.1, -0.05) is 6.07 Å². The summed E-state index contributed by atoms with van der Waals surface area (Å²) < 4.78 is 0. The normalized spacial score (nSPS) is 17.6. The number of pyridine rings is 2. The van der Waals surface area contributed by atoms with Gasteiger partial charge in [-0.15, -0.1) is 0 Å². The molecule has 0 bridgehead atoms. The van der Waals surface area contributed by atoms with Gasteiger partial charge in [0.25, 0.3) is 5.56 Å². The van der Waals surface area contributed by atoms with Crippen molar-refractivity contribution in [2.24, 2.45) is 0 Å². The molecule has 2 aromatic heterocycles. The van der Waals surface area contributed by atoms with Crippen molar-refractivity contribution in [3.63, 3.8) is 0 Å². The van der Waals surface area contributed by atoms with E-state index in [1.807, 2.05) is 18.2 Å². The van der Waals surface area contributed by atoms with E-state index >= 15 is 0 Å². The number of carbonyl (C=O) groups is 1. The fraction of sp³-hybridized carbons (Fsp3) is 0.312. The molecule has 1 unspecified atom stereocenters. The van der Waals surface area contributed by atoms with Crippen LogP contribution in [0.2, 0.25) is 0 Å². The Bertz CT molecular complexity index is 704. The number of nitrogens with one attached hydrogen (secondary N) is 1. The lowest BCUT2D eigenvalue weighted by Gasteiger charge is -2.25. The van der Waals surface area contributed by atoms with Gasteiger partial charge in [0.05, 0.1) is 5.56 Å². The van der Waals surface area contributed by atoms with E-state index in [1.165, 1.54) is 6.92 Å². The van der Waals surface area contributed by atoms with Gasteiger partial charge in [0.15, 0.2) is 5.78 Å². The van der Waals surface area contributed by atoms with Crippen LogP contribution in [0.4, 0.5) is 0 Å². The van der Waals surface area contributed by atoms with E-state index in [0.29, 0.717) is 11.5 Å². The zero-order valence-electron chi connectivity index (χ0n) is 11.3. The van der Waals surface area contributed by atoms with E-state index < -0.39 is 0 Å². The topological polar surface area (TPSA) is 62.8 Å². The molecule has 20 heavy (non-hydrogen) atoms. The van der Waals surface area contributed by atoms with Crippen LogP contribution in [-0.4, -0.2) is 15.8 Å². The van der Waals surface area contributed by atoms with Crippen LogP contribution in [-0.2, 0) is 12.8 Å². The first-order valence-electron chi connectivity index (χ1n) is 6.82. The number of H-pyrrole nitrogens is 1. The highest BCUT2D eigenvalue weighted by Crippen LogP contribution is 2.32. The molecule has 0 radical (unpaired) electrons. The Morgan fingerprint density at radius 2 is 2.25 bits per heavy atom. The molecule has 0 aliphatic heterocycles. The van der Waals surface area contributed by atoms with E-state index in [9.17, 15) is 9.59 Å². The molecule has 0 aromatic carbocycles. The fourth-order valence-corrected chi connectivity index (χ4v) is 3.01. The standard InChI is InChI=1S/C16H16N2O2/c1-10(19)15-13-6-5-11(14-4-2-3-7-17-14)8-12(13)9-18-16(15)20/h2-4,7,9,11H,5-6,8H2,1H3,(H,18,20). The fourth-order valence-electron chi connectivity index (χ4n) is 3.01. The molecule has 102 valence electrons. The lowest BCUT2D eigenvalue weighted by atomic mass is 9.81. The molecule has 0 fully saturated rings. The Morgan fingerprint density at radius 3 is 2.95 bits per heavy atom. The second kappa shape index (κ2) is 5.04. The zero-order valence-corrected chi connectivity index (χ0v) is 11.3. The smallest absolute Gasteiger partial charge is 0.259 e. The predicted molar refractivity (Wildman–Crippen MR) is 76.1 cm³/mol. The Hall–Kier alpha value is -2.23. The van der Waals surface area contributed by atoms with E-state index in [1.54, 1.807) is 12.4 Å². The molecule has 0 saturated carbocycles. The molecule has 0 saturated heterocycles. The number of aromatic nitrogens is 2. The van der Waals surface area contributed by atoms with Crippen LogP contribution in [0.3, 0.4) is 0 Å². The van der Waals surface area contributed by atoms with Gasteiger partial charge in [-0.2, -0.15) is 0 Å². The quantitative estimate of drug-likeness (QED) is 0.850. The summed E-state index contributed by atoms with van der Waals surface area (Å²) in [6.45, 7) is 1.45. The average Bonchev–Trinajstić information content (AvgIpc) is 2.47. The summed E-state index contributed by atoms with van der Waals surface area (Å²) in [6.07, 6.45) is 6.06. The SMILES string of the molecule is CC(=O)c1c2c(c[nH]c1=O)CC(c1ccccn1)CC2. The summed E-state index contributed by atoms with van der Waals surface area (Å²) in [4.78, 5) is 30.5. The first-order chi connectivity index (χ1) is 9.66. The molecule has 0 amide bonds. The molecule has 2 heterocycles. The number of hydrogen-bond donors (Lipinski definition) is 1. The van der Waals surface area contributed by atoms with Crippen LogP contribution in [0.25, 0.3) is 0 Å². The first kappa shape index (κ1) is 12.8. The maximum atomic E-state index is 11.8. The number of nitrogens with zero attached hydrogens (tertiary/aromatic N) is 1. The Labute approximate surface area is 116 Å². The molecule has 4 heteroatoms. The van der Waals surface area contributed by atoms with Crippen LogP contribution in [0, 0.1) is 0 Å². The molecule has 1 aliphatic rings. The Kier molecular flexibility index (Phi) is 3.22. The first-order valence-corrected chi connectivity index (χ1v) is 6.82. The molecular formula is C16H16N2O2. The summed E-state index contributed by atoms with van der Waals surface area (Å²) in [7, 11) is 0. The molecule has 2 aromatic rings. The number of Topliss-reactive ketones (excluding diaryl/α,β-unsaturated/α-hetero) is 1. The van der Waals surface area contributed by atoms with Crippen molar-refractivity contribution < 1.29 is 4.79 Å². The van der Waals surface area contributed by atoms with Crippen molar-refractivity contribution in [3.8, 4) is 0 Å². The molecule has 0 spiro atoms. The van der Waals surface area contributed by atoms with Crippen LogP contribution in [0.5, 0.6) is 0 Å². The van der Waals surface area contributed by atoms with Gasteiger partial charge in [-0.3, -0.25) is 14.6 Å². The van der Waals surface area contributed by atoms with Crippen LogP contribution in [0.15, 0.2) is 35.4 Å². The summed E-state index contributed by atoms with van der Waals surface area (Å²) in [6, 6.07) is 5.94. The van der Waals surface area contributed by atoms with Crippen molar-refractivity contribution in [2.75, 3.05) is 0 Å². The molecule has 1 aliphatic carbocycles. The van der Waals surface area contributed by atoms with Crippen LogP contribution >= 0.6 is 0 Å². The highest BCUT2D eigenvalue weighted by molar-refractivity contribution is 5.95. The van der Waals surface area contributed by atoms with Gasteiger partial charge in [0.2, 0.25) is 0 Å². The number of ketones is 1. The largest absolute Gasteiger partial charge is 0.328 e. The average molecular weight is 268 g/mol. The third-order valence-electron chi connectivity index (χ3n) is 3.96. The van der Waals surface area contributed by atoms with Crippen molar-refractivity contribution in [3.05, 3.63) is 63.3 Å². The van der Waals surface area contributed by atoms with Gasteiger partial charge in [0, 0.05) is 24.0 Å². The maximum absolute atomic E-state index is 11.8. The number of aromatic amines is 1. The van der Waals surface area contributed by atoms with E-state index in [-0.39, 0.29) is 11.3 Å². The third-order valence-corrected chi connectivity index (χ3v) is 3.96. The van der Waals surface area contributed by atoms with Crippen molar-refractivity contribution >= 4 is 5.78 Å². The summed E-state index contributed by atoms with van der Waals surface area (Å²) in [5.74, 6) is 0.203. The monoisotopic (exact) mass is 268 g/mol. The molecule has 1 atom stereocenters. The lowest BCUT2D eigenvalue weighted by molar-refractivity contribution is 0.101. The highest BCUT2D eigenvalue weighted by Gasteiger charge is 2.25. The van der Waals surface area contributed by atoms with E-state index in [0.717, 1.165) is 36.1 Å². The second-order valence-electron chi connectivity index (χ2n) is 5.25. The molecule has 3 rings (SSSR count). The van der Waals surface area contributed by atoms with E-state index in [4.69, 9.17) is 0 Å². The minimum absolute atomic E-state index is 0.153. The minimum atomic E-state index is -0.271. The summed E-state index contributed by atoms with van der Waals surface area (Å²) >= 11 is 0. The maximum Gasteiger partial charge on any atom is 0.259 e. The third kappa shape index (κ3) is 2.18. The summed E-state index contributed by atoms with van der Waals surface area (Å²) in [5, 5.41) is 0. The Morgan fingerprint density at radius 1 is 1.40 bits per heavy atom.